The van der Waals surface area contributed by atoms with Gasteiger partial charge in [-0.1, -0.05) is 18.7 Å². The number of hydrogen-bond donors (Lipinski definition) is 0. The Balaban J connectivity index is 0.000000980. The van der Waals surface area contributed by atoms with Crippen LogP contribution in [0.4, 0.5) is 0 Å². The molecular weight excluding hydrogens is 285 g/mol. The van der Waals surface area contributed by atoms with Crippen LogP contribution in [0.2, 0.25) is 0 Å². The van der Waals surface area contributed by atoms with Crippen molar-refractivity contribution in [3.8, 4) is 0 Å². The summed E-state index contributed by atoms with van der Waals surface area (Å²) in [5, 5.41) is 4.68. The summed E-state index contributed by atoms with van der Waals surface area (Å²) in [7, 11) is 0. The number of piperidine rings is 1. The van der Waals surface area contributed by atoms with Crippen molar-refractivity contribution >= 4 is 16.9 Å². The number of rotatable bonds is 1. The van der Waals surface area contributed by atoms with E-state index >= 15 is 0 Å². The van der Waals surface area contributed by atoms with Gasteiger partial charge in [0.05, 0.1) is 11.4 Å². The molecule has 0 aliphatic carbocycles. The molecule has 0 atom stereocenters. The van der Waals surface area contributed by atoms with Gasteiger partial charge >= 0.3 is 0 Å². The second-order valence-electron chi connectivity index (χ2n) is 3.61. The van der Waals surface area contributed by atoms with E-state index < -0.39 is 0 Å². The molecule has 0 unspecified atom stereocenters. The van der Waals surface area contributed by atoms with Crippen molar-refractivity contribution in [2.45, 2.75) is 24.6 Å². The standard InChI is InChI=1S/C9H15N2OS.CH3.Y/c1-2-11-7-8(12)13-9(11)3-5-10-6-4-9;;/h2-7H2,1H3;1H3;/q2*-1;. The normalized spacial score (nSPS) is 24.7. The van der Waals surface area contributed by atoms with Crippen molar-refractivity contribution in [3.63, 3.8) is 0 Å². The van der Waals surface area contributed by atoms with Crippen molar-refractivity contribution in [2.24, 2.45) is 0 Å². The van der Waals surface area contributed by atoms with E-state index in [0.717, 1.165) is 32.5 Å². The average Bonchev–Trinajstić information content (AvgIpc) is 2.43. The molecule has 0 amide bonds. The summed E-state index contributed by atoms with van der Waals surface area (Å²) in [5.41, 5.74) is 0. The van der Waals surface area contributed by atoms with E-state index in [-0.39, 0.29) is 45.0 Å². The molecule has 0 saturated carbocycles. The molecule has 2 aliphatic heterocycles. The Hall–Kier alpha value is 1.04. The fourth-order valence-electron chi connectivity index (χ4n) is 2.17. The van der Waals surface area contributed by atoms with Gasteiger partial charge in [-0.25, -0.2) is 0 Å². The first-order valence-electron chi connectivity index (χ1n) is 4.87. The quantitative estimate of drug-likeness (QED) is 0.694. The van der Waals surface area contributed by atoms with Gasteiger partial charge in [-0.05, 0) is 19.4 Å². The van der Waals surface area contributed by atoms with E-state index in [9.17, 15) is 4.79 Å². The van der Waals surface area contributed by atoms with E-state index in [1.165, 1.54) is 0 Å². The summed E-state index contributed by atoms with van der Waals surface area (Å²) in [6, 6.07) is 0. The third-order valence-corrected chi connectivity index (χ3v) is 4.31. The van der Waals surface area contributed by atoms with E-state index in [0.29, 0.717) is 11.7 Å². The Kier molecular flexibility index (Phi) is 7.17. The summed E-state index contributed by atoms with van der Waals surface area (Å²) < 4.78 is 0. The van der Waals surface area contributed by atoms with Gasteiger partial charge in [-0.15, -0.1) is 13.1 Å². The Morgan fingerprint density at radius 3 is 2.60 bits per heavy atom. The van der Waals surface area contributed by atoms with Gasteiger partial charge in [-0.2, -0.15) is 0 Å². The van der Waals surface area contributed by atoms with Gasteiger partial charge < -0.3 is 12.7 Å². The summed E-state index contributed by atoms with van der Waals surface area (Å²) in [6.07, 6.45) is 2.11. The van der Waals surface area contributed by atoms with Crippen LogP contribution in [-0.4, -0.2) is 41.1 Å². The molecule has 2 fully saturated rings. The first-order valence-corrected chi connectivity index (χ1v) is 5.69. The summed E-state index contributed by atoms with van der Waals surface area (Å²) >= 11 is 1.55. The maximum Gasteiger partial charge on any atom is 0.204 e. The number of carbonyl (C=O) groups excluding carboxylic acids is 1. The predicted octanol–water partition coefficient (Wildman–Crippen LogP) is 1.89. The van der Waals surface area contributed by atoms with Gasteiger partial charge in [0, 0.05) is 32.7 Å². The van der Waals surface area contributed by atoms with Gasteiger partial charge in [0.25, 0.3) is 0 Å². The van der Waals surface area contributed by atoms with Gasteiger partial charge in [0.1, 0.15) is 0 Å². The number of hydrogen-bond acceptors (Lipinski definition) is 3. The monoisotopic (exact) mass is 303 g/mol. The van der Waals surface area contributed by atoms with Crippen LogP contribution >= 0.6 is 11.8 Å². The van der Waals surface area contributed by atoms with Crippen LogP contribution in [0.5, 0.6) is 0 Å². The SMILES string of the molecule is CCN1CC(=O)SC12CC[N-]CC2.[CH3-].[Y]. The fraction of sp³-hybridized carbons (Fsp3) is 0.800. The largest absolute Gasteiger partial charge is 0.662 e. The van der Waals surface area contributed by atoms with Crippen molar-refractivity contribution in [3.05, 3.63) is 12.7 Å². The zero-order chi connectivity index (χ0) is 9.31. The van der Waals surface area contributed by atoms with Crippen molar-refractivity contribution in [1.82, 2.24) is 4.90 Å². The molecule has 1 spiro atoms. The molecule has 0 aromatic rings. The van der Waals surface area contributed by atoms with Crippen LogP contribution in [0.25, 0.3) is 5.32 Å². The Labute approximate surface area is 122 Å². The van der Waals surface area contributed by atoms with Crippen LogP contribution in [0.3, 0.4) is 0 Å². The van der Waals surface area contributed by atoms with Crippen LogP contribution in [-0.2, 0) is 37.5 Å². The molecule has 2 saturated heterocycles. The van der Waals surface area contributed by atoms with Crippen LogP contribution in [0.1, 0.15) is 19.8 Å². The maximum atomic E-state index is 11.4. The summed E-state index contributed by atoms with van der Waals surface area (Å²) in [6.45, 7) is 5.61. The molecule has 0 aromatic carbocycles. The van der Waals surface area contributed by atoms with Crippen LogP contribution < -0.4 is 0 Å². The molecule has 1 radical (unpaired) electrons. The first kappa shape index (κ1) is 16.0. The number of carbonyl (C=O) groups is 1. The van der Waals surface area contributed by atoms with Gasteiger partial charge in [-0.3, -0.25) is 9.69 Å². The topological polar surface area (TPSA) is 34.4 Å². The third kappa shape index (κ3) is 3.25. The van der Waals surface area contributed by atoms with Crippen molar-refractivity contribution in [2.75, 3.05) is 26.2 Å². The zero-order valence-corrected chi connectivity index (χ0v) is 13.2. The molecule has 2 rings (SSSR count). The summed E-state index contributed by atoms with van der Waals surface area (Å²) in [4.78, 5) is 13.8. The molecule has 2 heterocycles. The number of thioether (sulfide) groups is 1. The van der Waals surface area contributed by atoms with E-state index in [2.05, 4.69) is 17.1 Å². The second-order valence-corrected chi connectivity index (χ2v) is 5.02. The minimum absolute atomic E-state index is 0. The third-order valence-electron chi connectivity index (χ3n) is 2.90. The summed E-state index contributed by atoms with van der Waals surface area (Å²) in [5.74, 6) is 0. The average molecular weight is 303 g/mol. The molecule has 15 heavy (non-hydrogen) atoms. The minimum atomic E-state index is 0. The van der Waals surface area contributed by atoms with E-state index in [1.807, 2.05) is 0 Å². The molecule has 0 N–H and O–H groups in total. The van der Waals surface area contributed by atoms with Crippen molar-refractivity contribution in [1.29, 1.82) is 0 Å². The number of likely N-dealkylation sites (N-methyl/N-ethyl adjacent to an activating group) is 1. The van der Waals surface area contributed by atoms with E-state index in [1.54, 1.807) is 11.8 Å². The first-order chi connectivity index (χ1) is 6.27. The Bertz CT molecular complexity index is 219. The minimum Gasteiger partial charge on any atom is -0.662 e. The molecule has 0 aromatic heterocycles. The predicted molar refractivity (Wildman–Crippen MR) is 61.3 cm³/mol. The van der Waals surface area contributed by atoms with Crippen LogP contribution in [0.15, 0.2) is 0 Å². The van der Waals surface area contributed by atoms with Gasteiger partial charge in [0.15, 0.2) is 0 Å². The van der Waals surface area contributed by atoms with Gasteiger partial charge in [0.2, 0.25) is 5.12 Å². The van der Waals surface area contributed by atoms with Crippen molar-refractivity contribution < 1.29 is 37.5 Å². The molecule has 5 heteroatoms. The second kappa shape index (κ2) is 6.70. The number of nitrogens with zero attached hydrogens (tertiary/aromatic N) is 2. The van der Waals surface area contributed by atoms with E-state index in [4.69, 9.17) is 0 Å². The smallest absolute Gasteiger partial charge is 0.204 e. The Morgan fingerprint density at radius 1 is 1.47 bits per heavy atom. The zero-order valence-electron chi connectivity index (χ0n) is 9.53. The molecule has 2 aliphatic rings. The Morgan fingerprint density at radius 2 is 2.07 bits per heavy atom. The molecule has 85 valence electrons. The molecular formula is C10H18N2OSY-2. The van der Waals surface area contributed by atoms with Crippen LogP contribution in [0, 0.1) is 7.43 Å². The molecule has 3 nitrogen and oxygen atoms in total. The molecule has 0 bridgehead atoms. The maximum absolute atomic E-state index is 11.4. The fourth-order valence-corrected chi connectivity index (χ4v) is 3.52.